The smallest absolute Gasteiger partial charge is 0.132 e. The minimum atomic E-state index is -0.621. The molecule has 0 saturated carbocycles. The highest BCUT2D eigenvalue weighted by molar-refractivity contribution is 8.07. The van der Waals surface area contributed by atoms with Crippen LogP contribution in [0.5, 0.6) is 0 Å². The van der Waals surface area contributed by atoms with E-state index in [0.717, 1.165) is 0 Å². The average Bonchev–Trinajstić information content (AvgIpc) is 2.39. The molecule has 0 aliphatic heterocycles. The molecule has 0 bridgehead atoms. The zero-order valence-corrected chi connectivity index (χ0v) is 10.8. The van der Waals surface area contributed by atoms with Gasteiger partial charge in [0.1, 0.15) is 0 Å². The third kappa shape index (κ3) is 2.53. The Balaban J connectivity index is 2.30. The van der Waals surface area contributed by atoms with Crippen molar-refractivity contribution in [2.45, 2.75) is 0 Å². The lowest BCUT2D eigenvalue weighted by atomic mass is 10.1. The van der Waals surface area contributed by atoms with Crippen LogP contribution in [-0.2, 0) is 11.8 Å². The molecule has 1 nitrogen and oxygen atoms in total. The second kappa shape index (κ2) is 5.31. The lowest BCUT2D eigenvalue weighted by Gasteiger charge is -2.00. The van der Waals surface area contributed by atoms with Gasteiger partial charge in [-0.3, -0.25) is 0 Å². The van der Waals surface area contributed by atoms with Gasteiger partial charge in [-0.2, -0.15) is 0 Å². The van der Waals surface area contributed by atoms with Crippen molar-refractivity contribution >= 4 is 24.0 Å². The van der Waals surface area contributed by atoms with Gasteiger partial charge in [-0.25, -0.2) is 0 Å². The normalized spacial score (nSPS) is 11.2. The summed E-state index contributed by atoms with van der Waals surface area (Å²) in [6.45, 7) is -0.621. The Morgan fingerprint density at radius 3 is 2.00 bits per heavy atom. The summed E-state index contributed by atoms with van der Waals surface area (Å²) >= 11 is 5.32. The summed E-state index contributed by atoms with van der Waals surface area (Å²) in [5.74, 6) is 0. The molecule has 2 rings (SSSR count). The largest absolute Gasteiger partial charge is 0.302 e. The molecule has 1 unspecified atom stereocenters. The van der Waals surface area contributed by atoms with E-state index in [9.17, 15) is 0 Å². The molecule has 80 valence electrons. The van der Waals surface area contributed by atoms with E-state index in [1.165, 1.54) is 16.4 Å². The Hall–Kier alpha value is -1.08. The van der Waals surface area contributed by atoms with Crippen molar-refractivity contribution in [3.63, 3.8) is 0 Å². The van der Waals surface area contributed by atoms with E-state index in [0.29, 0.717) is 0 Å². The number of benzene rings is 2. The average molecular weight is 246 g/mol. The first-order valence-corrected chi connectivity index (χ1v) is 7.47. The molecule has 0 aromatic heterocycles. The summed E-state index contributed by atoms with van der Waals surface area (Å²) in [7, 11) is 1.91. The van der Waals surface area contributed by atoms with Gasteiger partial charge in [0, 0.05) is 7.05 Å². The monoisotopic (exact) mass is 246 g/mol. The predicted molar refractivity (Wildman–Crippen MR) is 74.9 cm³/mol. The fraction of sp³-hybridized carbons (Fsp3) is 0.0769. The van der Waals surface area contributed by atoms with Gasteiger partial charge in [-0.05, 0) is 35.4 Å². The van der Waals surface area contributed by atoms with Crippen LogP contribution in [0.3, 0.4) is 0 Å². The van der Waals surface area contributed by atoms with Crippen LogP contribution in [-0.4, -0.2) is 7.05 Å². The van der Waals surface area contributed by atoms with E-state index in [1.807, 2.05) is 13.1 Å². The van der Waals surface area contributed by atoms with Crippen LogP contribution in [0.2, 0.25) is 0 Å². The highest BCUT2D eigenvalue weighted by Gasteiger charge is 2.10. The van der Waals surface area contributed by atoms with Crippen molar-refractivity contribution in [2.24, 2.45) is 0 Å². The lowest BCUT2D eigenvalue weighted by molar-refractivity contribution is 1.29. The number of hydrogen-bond acceptors (Lipinski definition) is 1. The van der Waals surface area contributed by atoms with E-state index < -0.39 is 6.85 Å². The van der Waals surface area contributed by atoms with Crippen LogP contribution < -0.4 is 10.4 Å². The van der Waals surface area contributed by atoms with E-state index >= 15 is 0 Å². The summed E-state index contributed by atoms with van der Waals surface area (Å²) in [6, 6.07) is 18.8. The minimum absolute atomic E-state index is 0.621. The number of hydrogen-bond donors (Lipinski definition) is 1. The second-order valence-electron chi connectivity index (χ2n) is 3.43. The fourth-order valence-electron chi connectivity index (χ4n) is 1.55. The van der Waals surface area contributed by atoms with E-state index in [4.69, 9.17) is 11.8 Å². The van der Waals surface area contributed by atoms with Crippen molar-refractivity contribution in [1.82, 2.24) is 5.09 Å². The first-order valence-electron chi connectivity index (χ1n) is 5.11. The molecule has 0 aliphatic rings. The van der Waals surface area contributed by atoms with Gasteiger partial charge in [0.25, 0.3) is 0 Å². The molecule has 3 heteroatoms. The van der Waals surface area contributed by atoms with Crippen molar-refractivity contribution < 1.29 is 0 Å². The zero-order valence-electron chi connectivity index (χ0n) is 9.05. The summed E-state index contributed by atoms with van der Waals surface area (Å²) in [5.41, 5.74) is 2.48. The molecular weight excluding hydrogens is 233 g/mol. The Morgan fingerprint density at radius 2 is 1.44 bits per heavy atom. The van der Waals surface area contributed by atoms with Crippen LogP contribution in [0.1, 0.15) is 0 Å². The van der Waals surface area contributed by atoms with Crippen LogP contribution in [0.25, 0.3) is 11.1 Å². The molecular formula is C13H13NPS+. The zero-order chi connectivity index (χ0) is 11.4. The van der Waals surface area contributed by atoms with Gasteiger partial charge < -0.3 is 0 Å². The van der Waals surface area contributed by atoms with E-state index in [2.05, 4.69) is 53.6 Å². The Bertz CT molecular complexity index is 479. The third-order valence-corrected chi connectivity index (χ3v) is 4.77. The van der Waals surface area contributed by atoms with Gasteiger partial charge in [-0.1, -0.05) is 30.3 Å². The number of nitrogens with one attached hydrogen (secondary N) is 1. The van der Waals surface area contributed by atoms with E-state index in [1.54, 1.807) is 0 Å². The maximum absolute atomic E-state index is 5.32. The molecule has 1 N–H and O–H groups in total. The standard InChI is InChI=1S/C13H13NPS/c1-14-15(16)13-9-7-12(8-10-13)11-5-3-2-4-6-11/h2-10H,1H3,(H,14,16)/q+1. The van der Waals surface area contributed by atoms with Gasteiger partial charge in [0.15, 0.2) is 17.1 Å². The van der Waals surface area contributed by atoms with Crippen molar-refractivity contribution in [1.29, 1.82) is 0 Å². The maximum atomic E-state index is 5.32. The maximum Gasteiger partial charge on any atom is 0.302 e. The second-order valence-corrected chi connectivity index (χ2v) is 6.08. The molecule has 2 aromatic rings. The lowest BCUT2D eigenvalue weighted by Crippen LogP contribution is -2.04. The highest BCUT2D eigenvalue weighted by atomic mass is 32.4. The molecule has 2 aromatic carbocycles. The van der Waals surface area contributed by atoms with Crippen LogP contribution >= 0.6 is 6.85 Å². The summed E-state index contributed by atoms with van der Waals surface area (Å²) in [6.07, 6.45) is 0. The molecule has 0 aliphatic carbocycles. The highest BCUT2D eigenvalue weighted by Crippen LogP contribution is 2.20. The fourth-order valence-corrected chi connectivity index (χ4v) is 2.59. The van der Waals surface area contributed by atoms with Gasteiger partial charge >= 0.3 is 6.85 Å². The Labute approximate surface area is 102 Å². The molecule has 0 heterocycles. The van der Waals surface area contributed by atoms with Gasteiger partial charge in [-0.15, -0.1) is 5.09 Å². The molecule has 0 fully saturated rings. The predicted octanol–water partition coefficient (Wildman–Crippen LogP) is 3.06. The summed E-state index contributed by atoms with van der Waals surface area (Å²) < 4.78 is 0. The SMILES string of the molecule is CN[P+](=S)c1ccc(-c2ccccc2)cc1. The van der Waals surface area contributed by atoms with Gasteiger partial charge in [0.05, 0.1) is 0 Å². The van der Waals surface area contributed by atoms with Crippen LogP contribution in [0.15, 0.2) is 54.6 Å². The molecule has 0 amide bonds. The summed E-state index contributed by atoms with van der Waals surface area (Å²) in [5, 5.41) is 4.32. The quantitative estimate of drug-likeness (QED) is 0.835. The topological polar surface area (TPSA) is 12.0 Å². The minimum Gasteiger partial charge on any atom is -0.132 e. The first-order chi connectivity index (χ1) is 7.81. The Morgan fingerprint density at radius 1 is 0.875 bits per heavy atom. The Kier molecular flexibility index (Phi) is 3.79. The van der Waals surface area contributed by atoms with Crippen molar-refractivity contribution in [2.75, 3.05) is 7.05 Å². The summed E-state index contributed by atoms with van der Waals surface area (Å²) in [4.78, 5) is 0. The molecule has 0 saturated heterocycles. The molecule has 0 radical (unpaired) electrons. The van der Waals surface area contributed by atoms with Crippen molar-refractivity contribution in [3.05, 3.63) is 54.6 Å². The van der Waals surface area contributed by atoms with Crippen LogP contribution in [0, 0.1) is 0 Å². The molecule has 0 spiro atoms. The first kappa shape index (κ1) is 11.4. The third-order valence-electron chi connectivity index (χ3n) is 2.41. The number of rotatable bonds is 3. The molecule has 16 heavy (non-hydrogen) atoms. The van der Waals surface area contributed by atoms with Gasteiger partial charge in [0.2, 0.25) is 0 Å². The van der Waals surface area contributed by atoms with E-state index in [-0.39, 0.29) is 0 Å². The van der Waals surface area contributed by atoms with Crippen LogP contribution in [0.4, 0.5) is 0 Å². The van der Waals surface area contributed by atoms with Crippen molar-refractivity contribution in [3.8, 4) is 11.1 Å². The molecule has 1 atom stereocenters.